The zero-order chi connectivity index (χ0) is 20.7. The van der Waals surface area contributed by atoms with Gasteiger partial charge in [0, 0.05) is 27.9 Å². The number of nitrogens with one attached hydrogen (secondary N) is 1. The average molecular weight is 455 g/mol. The van der Waals surface area contributed by atoms with Gasteiger partial charge in [-0.3, -0.25) is 9.69 Å². The van der Waals surface area contributed by atoms with Crippen molar-refractivity contribution in [2.24, 2.45) is 0 Å². The monoisotopic (exact) mass is 454 g/mol. The van der Waals surface area contributed by atoms with Crippen molar-refractivity contribution in [1.82, 2.24) is 9.88 Å². The van der Waals surface area contributed by atoms with E-state index in [-0.39, 0.29) is 18.0 Å². The molecular weight excluding hydrogens is 428 g/mol. The van der Waals surface area contributed by atoms with Crippen LogP contribution in [-0.2, 0) is 0 Å². The van der Waals surface area contributed by atoms with E-state index < -0.39 is 0 Å². The maximum absolute atomic E-state index is 12.4. The third-order valence-corrected chi connectivity index (χ3v) is 7.31. The molecule has 2 aromatic heterocycles. The molecule has 1 fully saturated rings. The Morgan fingerprint density at radius 3 is 2.48 bits per heavy atom. The number of aromatic nitrogens is 1. The van der Waals surface area contributed by atoms with E-state index in [9.17, 15) is 4.79 Å². The molecule has 0 radical (unpaired) electrons. The van der Waals surface area contributed by atoms with Gasteiger partial charge in [0.1, 0.15) is 10.4 Å². The summed E-state index contributed by atoms with van der Waals surface area (Å²) in [6, 6.07) is 15.2. The van der Waals surface area contributed by atoms with Crippen molar-refractivity contribution in [3.8, 4) is 16.9 Å². The van der Waals surface area contributed by atoms with Gasteiger partial charge >= 0.3 is 0 Å². The van der Waals surface area contributed by atoms with Crippen molar-refractivity contribution in [3.63, 3.8) is 0 Å². The van der Waals surface area contributed by atoms with Crippen LogP contribution in [0.2, 0.25) is 0 Å². The van der Waals surface area contributed by atoms with E-state index >= 15 is 0 Å². The van der Waals surface area contributed by atoms with Gasteiger partial charge in [0.2, 0.25) is 0 Å². The van der Waals surface area contributed by atoms with Gasteiger partial charge in [0.05, 0.1) is 7.11 Å². The van der Waals surface area contributed by atoms with Crippen LogP contribution in [0.15, 0.2) is 52.6 Å². The van der Waals surface area contributed by atoms with Crippen LogP contribution >= 0.6 is 23.7 Å². The van der Waals surface area contributed by atoms with Gasteiger partial charge in [0.15, 0.2) is 0 Å². The Kier molecular flexibility index (Phi) is 6.37. The number of fused-ring (bicyclic) bond motifs is 3. The first-order valence-electron chi connectivity index (χ1n) is 10.6. The molecule has 162 valence electrons. The Labute approximate surface area is 192 Å². The van der Waals surface area contributed by atoms with E-state index in [2.05, 4.69) is 41.1 Å². The van der Waals surface area contributed by atoms with E-state index in [1.165, 1.54) is 49.3 Å². The number of aromatic amines is 1. The van der Waals surface area contributed by atoms with Gasteiger partial charge < -0.3 is 9.72 Å². The molecule has 1 saturated heterocycles. The summed E-state index contributed by atoms with van der Waals surface area (Å²) in [5, 5.41) is 4.01. The number of H-pyrrole nitrogens is 1. The molecule has 1 aliphatic heterocycles. The zero-order valence-corrected chi connectivity index (χ0v) is 19.4. The first-order valence-corrected chi connectivity index (χ1v) is 11.5. The summed E-state index contributed by atoms with van der Waals surface area (Å²) in [5.41, 5.74) is 4.29. The van der Waals surface area contributed by atoms with E-state index in [0.717, 1.165) is 37.9 Å². The maximum Gasteiger partial charge on any atom is 0.266 e. The molecule has 31 heavy (non-hydrogen) atoms. The largest absolute Gasteiger partial charge is 0.496 e. The number of hydrogen-bond acceptors (Lipinski definition) is 4. The van der Waals surface area contributed by atoms with Crippen molar-refractivity contribution in [2.45, 2.75) is 32.2 Å². The smallest absolute Gasteiger partial charge is 0.266 e. The third-order valence-electron chi connectivity index (χ3n) is 6.40. The zero-order valence-electron chi connectivity index (χ0n) is 17.8. The van der Waals surface area contributed by atoms with Crippen LogP contribution in [-0.4, -0.2) is 30.1 Å². The number of likely N-dealkylation sites (tertiary alicyclic amines) is 1. The van der Waals surface area contributed by atoms with E-state index in [1.807, 2.05) is 23.6 Å². The molecule has 1 unspecified atom stereocenters. The molecule has 5 rings (SSSR count). The first kappa shape index (κ1) is 21.9. The van der Waals surface area contributed by atoms with Crippen LogP contribution in [0.3, 0.4) is 0 Å². The first-order chi connectivity index (χ1) is 14.7. The normalized spacial score (nSPS) is 15.7. The second kappa shape index (κ2) is 9.03. The lowest BCUT2D eigenvalue weighted by atomic mass is 9.95. The topological polar surface area (TPSA) is 45.3 Å². The van der Waals surface area contributed by atoms with Crippen LogP contribution < -0.4 is 10.3 Å². The summed E-state index contributed by atoms with van der Waals surface area (Å²) in [7, 11) is 1.70. The van der Waals surface area contributed by atoms with Crippen LogP contribution in [0.1, 0.15) is 37.8 Å². The molecule has 3 heterocycles. The summed E-state index contributed by atoms with van der Waals surface area (Å²) in [5.74, 6) is 0.818. The van der Waals surface area contributed by atoms with E-state index in [1.54, 1.807) is 7.11 Å². The Bertz CT molecular complexity index is 1260. The minimum absolute atomic E-state index is 0. The quantitative estimate of drug-likeness (QED) is 0.388. The van der Waals surface area contributed by atoms with Gasteiger partial charge in [-0.1, -0.05) is 30.7 Å². The number of ether oxygens (including phenoxy) is 1. The highest BCUT2D eigenvalue weighted by Gasteiger charge is 2.19. The van der Waals surface area contributed by atoms with Crippen LogP contribution in [0.25, 0.3) is 32.1 Å². The molecule has 0 aliphatic carbocycles. The van der Waals surface area contributed by atoms with Gasteiger partial charge in [0.25, 0.3) is 5.56 Å². The lowest BCUT2D eigenvalue weighted by Crippen LogP contribution is -2.32. The second-order valence-corrected chi connectivity index (χ2v) is 8.99. The Balaban J connectivity index is 0.00000231. The number of benzene rings is 2. The van der Waals surface area contributed by atoms with Crippen molar-refractivity contribution in [1.29, 1.82) is 0 Å². The van der Waals surface area contributed by atoms with E-state index in [4.69, 9.17) is 4.74 Å². The molecule has 4 aromatic rings. The number of hydrogen-bond donors (Lipinski definition) is 1. The van der Waals surface area contributed by atoms with Crippen molar-refractivity contribution >= 4 is 44.7 Å². The summed E-state index contributed by atoms with van der Waals surface area (Å²) in [6.45, 7) is 4.67. The Hall–Kier alpha value is -2.34. The predicted octanol–water partition coefficient (Wildman–Crippen LogP) is 6.39. The molecule has 1 atom stereocenters. The van der Waals surface area contributed by atoms with Gasteiger partial charge in [-0.15, -0.1) is 23.7 Å². The highest BCUT2D eigenvalue weighted by molar-refractivity contribution is 7.17. The minimum Gasteiger partial charge on any atom is -0.496 e. The molecule has 1 N–H and O–H groups in total. The fourth-order valence-corrected chi connectivity index (χ4v) is 5.53. The van der Waals surface area contributed by atoms with Crippen LogP contribution in [0.4, 0.5) is 0 Å². The fourth-order valence-electron chi connectivity index (χ4n) is 4.73. The molecule has 1 aliphatic rings. The van der Waals surface area contributed by atoms with Crippen LogP contribution in [0.5, 0.6) is 5.75 Å². The van der Waals surface area contributed by atoms with Gasteiger partial charge in [-0.25, -0.2) is 0 Å². The standard InChI is InChI=1S/C25H26N2O2S.ClH/c1-16(27-13-4-3-5-14-27)17-6-8-18(9-7-17)22-21(29-2)11-10-20-23(22)19-12-15-30-24(19)25(28)26-20;/h6-12,15-16H,3-5,13-14H2,1-2H3,(H,26,28);1H. The summed E-state index contributed by atoms with van der Waals surface area (Å²) in [6.07, 6.45) is 3.94. The fraction of sp³-hybridized carbons (Fsp3) is 0.320. The van der Waals surface area contributed by atoms with Crippen molar-refractivity contribution in [3.05, 3.63) is 63.8 Å². The maximum atomic E-state index is 12.4. The molecule has 6 heteroatoms. The number of pyridine rings is 1. The molecule has 0 saturated carbocycles. The van der Waals surface area contributed by atoms with Crippen molar-refractivity contribution < 1.29 is 4.74 Å². The number of nitrogens with zero attached hydrogens (tertiary/aromatic N) is 1. The third kappa shape index (κ3) is 3.86. The van der Waals surface area contributed by atoms with Crippen molar-refractivity contribution in [2.75, 3.05) is 20.2 Å². The predicted molar refractivity (Wildman–Crippen MR) is 133 cm³/mol. The Morgan fingerprint density at radius 2 is 1.77 bits per heavy atom. The lowest BCUT2D eigenvalue weighted by molar-refractivity contribution is 0.175. The highest BCUT2D eigenvalue weighted by Crippen LogP contribution is 2.40. The van der Waals surface area contributed by atoms with E-state index in [0.29, 0.717) is 6.04 Å². The number of piperidine rings is 1. The molecule has 0 amide bonds. The Morgan fingerprint density at radius 1 is 1.03 bits per heavy atom. The number of thiophene rings is 1. The average Bonchev–Trinajstić information content (AvgIpc) is 3.29. The number of methoxy groups -OCH3 is 1. The second-order valence-electron chi connectivity index (χ2n) is 8.08. The molecule has 4 nitrogen and oxygen atoms in total. The molecule has 0 spiro atoms. The number of halogens is 1. The van der Waals surface area contributed by atoms with Gasteiger partial charge in [-0.05, 0) is 67.6 Å². The molecule has 0 bridgehead atoms. The minimum atomic E-state index is -0.0330. The van der Waals surface area contributed by atoms with Crippen LogP contribution in [0, 0.1) is 0 Å². The molecule has 2 aromatic carbocycles. The summed E-state index contributed by atoms with van der Waals surface area (Å²) < 4.78 is 6.50. The molecular formula is C25H27ClN2O2S. The summed E-state index contributed by atoms with van der Waals surface area (Å²) >= 11 is 1.48. The van der Waals surface area contributed by atoms with Gasteiger partial charge in [-0.2, -0.15) is 0 Å². The summed E-state index contributed by atoms with van der Waals surface area (Å²) in [4.78, 5) is 18.1. The lowest BCUT2D eigenvalue weighted by Gasteiger charge is -2.32. The number of rotatable bonds is 4. The highest BCUT2D eigenvalue weighted by atomic mass is 35.5. The SMILES string of the molecule is COc1ccc2[nH]c(=O)c3sccc3c2c1-c1ccc(C(C)N2CCCCC2)cc1.Cl.